The van der Waals surface area contributed by atoms with Gasteiger partial charge in [0.25, 0.3) is 0 Å². The highest BCUT2D eigenvalue weighted by atomic mass is 35.5. The van der Waals surface area contributed by atoms with Gasteiger partial charge in [0.2, 0.25) is 0 Å². The molecule has 0 spiro atoms. The molecule has 0 bridgehead atoms. The second-order valence-electron chi connectivity index (χ2n) is 6.09. The molecule has 6 heteroatoms. The van der Waals surface area contributed by atoms with Crippen molar-refractivity contribution >= 4 is 56.5 Å². The van der Waals surface area contributed by atoms with E-state index in [1.165, 1.54) is 0 Å². The molecule has 0 atom stereocenters. The number of anilines is 1. The Kier molecular flexibility index (Phi) is 3.32. The maximum atomic E-state index is 6.25. The van der Waals surface area contributed by atoms with Crippen molar-refractivity contribution in [1.82, 2.24) is 14.4 Å². The normalized spacial score (nSPS) is 11.6. The van der Waals surface area contributed by atoms with Crippen LogP contribution in [0.4, 0.5) is 5.69 Å². The molecule has 0 saturated heterocycles. The fourth-order valence-electron chi connectivity index (χ4n) is 3.29. The van der Waals surface area contributed by atoms with Crippen LogP contribution in [0.25, 0.3) is 39.0 Å². The van der Waals surface area contributed by atoms with Crippen molar-refractivity contribution in [2.75, 3.05) is 5.73 Å². The third-order valence-electron chi connectivity index (χ3n) is 4.45. The highest BCUT2D eigenvalue weighted by molar-refractivity contribution is 6.31. The first-order valence-electron chi connectivity index (χ1n) is 8.04. The van der Waals surface area contributed by atoms with E-state index in [1.807, 2.05) is 59.0 Å². The summed E-state index contributed by atoms with van der Waals surface area (Å²) in [6.45, 7) is 0. The second-order valence-corrected chi connectivity index (χ2v) is 6.96. The van der Waals surface area contributed by atoms with Crippen molar-refractivity contribution in [2.24, 2.45) is 0 Å². The molecule has 0 saturated carbocycles. The van der Waals surface area contributed by atoms with Crippen LogP contribution in [0.5, 0.6) is 0 Å². The first-order valence-corrected chi connectivity index (χ1v) is 8.79. The number of imidazole rings is 1. The van der Waals surface area contributed by atoms with E-state index in [1.54, 1.807) is 6.07 Å². The lowest BCUT2D eigenvalue weighted by Gasteiger charge is -2.11. The van der Waals surface area contributed by atoms with Gasteiger partial charge in [0, 0.05) is 26.7 Å². The Labute approximate surface area is 158 Å². The van der Waals surface area contributed by atoms with Crippen molar-refractivity contribution in [3.63, 3.8) is 0 Å². The van der Waals surface area contributed by atoms with Crippen LogP contribution in [0.1, 0.15) is 0 Å². The summed E-state index contributed by atoms with van der Waals surface area (Å²) < 4.78 is 2.03. The molecule has 0 aliphatic heterocycles. The zero-order valence-electron chi connectivity index (χ0n) is 13.4. The van der Waals surface area contributed by atoms with Gasteiger partial charge in [0.1, 0.15) is 11.5 Å². The summed E-state index contributed by atoms with van der Waals surface area (Å²) in [4.78, 5) is 9.68. The van der Waals surface area contributed by atoms with Gasteiger partial charge in [0.15, 0.2) is 0 Å². The van der Waals surface area contributed by atoms with E-state index in [2.05, 4.69) is 0 Å². The third kappa shape index (κ3) is 2.23. The topological polar surface area (TPSA) is 56.2 Å². The van der Waals surface area contributed by atoms with E-state index in [4.69, 9.17) is 38.9 Å². The first kappa shape index (κ1) is 15.4. The Balaban J connectivity index is 2.02. The van der Waals surface area contributed by atoms with Gasteiger partial charge in [-0.2, -0.15) is 0 Å². The summed E-state index contributed by atoms with van der Waals surface area (Å²) in [7, 11) is 0. The smallest absolute Gasteiger partial charge is 0.149 e. The standard InChI is InChI=1S/C20H12Cl2N4/c21-11-5-7-13(15(23)9-11)19-25-17-10-12(22)6-8-14(17)20-24-16-3-1-2-4-18(16)26(19)20/h1-10H,23H2. The minimum absolute atomic E-state index is 0.561. The molecule has 0 unspecified atom stereocenters. The SMILES string of the molecule is Nc1cc(Cl)ccc1-c1nc2cc(Cl)ccc2c2nc3ccccc3n12. The van der Waals surface area contributed by atoms with Gasteiger partial charge in [-0.3, -0.25) is 4.40 Å². The Morgan fingerprint density at radius 3 is 2.42 bits per heavy atom. The first-order chi connectivity index (χ1) is 12.6. The lowest BCUT2D eigenvalue weighted by Crippen LogP contribution is -2.00. The quantitative estimate of drug-likeness (QED) is 0.386. The van der Waals surface area contributed by atoms with Gasteiger partial charge in [-0.1, -0.05) is 35.3 Å². The molecule has 0 radical (unpaired) electrons. The van der Waals surface area contributed by atoms with Gasteiger partial charge < -0.3 is 5.73 Å². The molecule has 3 aromatic carbocycles. The van der Waals surface area contributed by atoms with Gasteiger partial charge in [-0.25, -0.2) is 9.97 Å². The Morgan fingerprint density at radius 2 is 1.58 bits per heavy atom. The van der Waals surface area contributed by atoms with Gasteiger partial charge >= 0.3 is 0 Å². The molecular formula is C20H12Cl2N4. The van der Waals surface area contributed by atoms with E-state index in [-0.39, 0.29) is 0 Å². The van der Waals surface area contributed by atoms with E-state index < -0.39 is 0 Å². The van der Waals surface area contributed by atoms with Crippen molar-refractivity contribution in [1.29, 1.82) is 0 Å². The monoisotopic (exact) mass is 378 g/mol. The lowest BCUT2D eigenvalue weighted by atomic mass is 10.1. The number of hydrogen-bond acceptors (Lipinski definition) is 3. The van der Waals surface area contributed by atoms with E-state index in [9.17, 15) is 0 Å². The number of nitrogen functional groups attached to an aromatic ring is 1. The summed E-state index contributed by atoms with van der Waals surface area (Å²) in [6, 6.07) is 19.0. The fraction of sp³-hybridized carbons (Fsp3) is 0. The van der Waals surface area contributed by atoms with Crippen LogP contribution in [-0.4, -0.2) is 14.4 Å². The lowest BCUT2D eigenvalue weighted by molar-refractivity contribution is 1.16. The summed E-state index contributed by atoms with van der Waals surface area (Å²) in [5.74, 6) is 0.706. The molecule has 5 rings (SSSR count). The molecule has 2 heterocycles. The zero-order chi connectivity index (χ0) is 17.8. The number of hydrogen-bond donors (Lipinski definition) is 1. The zero-order valence-corrected chi connectivity index (χ0v) is 15.0. The van der Waals surface area contributed by atoms with Gasteiger partial charge in [0.05, 0.1) is 16.6 Å². The predicted octanol–water partition coefficient (Wildman–Crippen LogP) is 5.59. The Bertz CT molecular complexity index is 1320. The number of fused-ring (bicyclic) bond motifs is 5. The summed E-state index contributed by atoms with van der Waals surface area (Å²) in [5.41, 5.74) is 11.1. The number of nitrogens with two attached hydrogens (primary N) is 1. The highest BCUT2D eigenvalue weighted by Gasteiger charge is 2.17. The molecule has 126 valence electrons. The van der Waals surface area contributed by atoms with E-state index in [0.717, 1.165) is 33.1 Å². The van der Waals surface area contributed by atoms with Crippen molar-refractivity contribution in [3.8, 4) is 11.4 Å². The van der Waals surface area contributed by atoms with Crippen molar-refractivity contribution in [3.05, 3.63) is 70.7 Å². The minimum atomic E-state index is 0.561. The number of para-hydroxylation sites is 2. The van der Waals surface area contributed by atoms with Crippen LogP contribution in [-0.2, 0) is 0 Å². The minimum Gasteiger partial charge on any atom is -0.398 e. The Hall–Kier alpha value is -2.82. The van der Waals surface area contributed by atoms with Gasteiger partial charge in [-0.05, 0) is 48.5 Å². The van der Waals surface area contributed by atoms with Crippen LogP contribution < -0.4 is 5.73 Å². The fourth-order valence-corrected chi connectivity index (χ4v) is 3.64. The molecule has 0 amide bonds. The van der Waals surface area contributed by atoms with Crippen molar-refractivity contribution in [2.45, 2.75) is 0 Å². The number of halogens is 2. The summed E-state index contributed by atoms with van der Waals surface area (Å²) in [5, 5.41) is 2.14. The average molecular weight is 379 g/mol. The molecule has 2 aromatic heterocycles. The Morgan fingerprint density at radius 1 is 0.808 bits per heavy atom. The number of aromatic nitrogens is 3. The van der Waals surface area contributed by atoms with Crippen LogP contribution in [0.2, 0.25) is 10.0 Å². The molecule has 5 aromatic rings. The number of rotatable bonds is 1. The number of benzene rings is 3. The van der Waals surface area contributed by atoms with Crippen molar-refractivity contribution < 1.29 is 0 Å². The molecule has 0 aliphatic rings. The maximum absolute atomic E-state index is 6.25. The molecule has 0 fully saturated rings. The predicted molar refractivity (Wildman–Crippen MR) is 108 cm³/mol. The maximum Gasteiger partial charge on any atom is 0.149 e. The van der Waals surface area contributed by atoms with E-state index in [0.29, 0.717) is 21.6 Å². The second kappa shape index (κ2) is 5.59. The molecule has 2 N–H and O–H groups in total. The number of nitrogens with zero attached hydrogens (tertiary/aromatic N) is 3. The average Bonchev–Trinajstić information content (AvgIpc) is 3.00. The van der Waals surface area contributed by atoms with Gasteiger partial charge in [-0.15, -0.1) is 0 Å². The molecule has 4 nitrogen and oxygen atoms in total. The summed E-state index contributed by atoms with van der Waals surface area (Å²) in [6.07, 6.45) is 0. The molecular weight excluding hydrogens is 367 g/mol. The van der Waals surface area contributed by atoms with Crippen LogP contribution >= 0.6 is 23.2 Å². The highest BCUT2D eigenvalue weighted by Crippen LogP contribution is 2.33. The summed E-state index contributed by atoms with van der Waals surface area (Å²) >= 11 is 12.3. The largest absolute Gasteiger partial charge is 0.398 e. The van der Waals surface area contributed by atoms with Crippen LogP contribution in [0, 0.1) is 0 Å². The van der Waals surface area contributed by atoms with Crippen LogP contribution in [0.15, 0.2) is 60.7 Å². The third-order valence-corrected chi connectivity index (χ3v) is 4.92. The van der Waals surface area contributed by atoms with Crippen LogP contribution in [0.3, 0.4) is 0 Å². The molecule has 0 aliphatic carbocycles. The molecule has 26 heavy (non-hydrogen) atoms. The van der Waals surface area contributed by atoms with E-state index >= 15 is 0 Å².